The van der Waals surface area contributed by atoms with Gasteiger partial charge in [0.15, 0.2) is 0 Å². The molecule has 154 valence electrons. The molecular weight excluding hydrogens is 378 g/mol. The summed E-state index contributed by atoms with van der Waals surface area (Å²) in [6.07, 6.45) is 1.62. The van der Waals surface area contributed by atoms with E-state index in [1.165, 1.54) is 0 Å². The largest absolute Gasteiger partial charge is 0.497 e. The Kier molecular flexibility index (Phi) is 7.50. The van der Waals surface area contributed by atoms with Crippen molar-refractivity contribution in [2.45, 2.75) is 13.8 Å². The van der Waals surface area contributed by atoms with E-state index in [-0.39, 0.29) is 0 Å². The van der Waals surface area contributed by atoms with Crippen LogP contribution >= 0.6 is 0 Å². The number of hydrogen-bond acceptors (Lipinski definition) is 5. The van der Waals surface area contributed by atoms with Gasteiger partial charge in [0, 0.05) is 11.6 Å². The van der Waals surface area contributed by atoms with Crippen molar-refractivity contribution in [1.29, 1.82) is 0 Å². The molecule has 0 radical (unpaired) electrons. The van der Waals surface area contributed by atoms with E-state index in [2.05, 4.69) is 4.99 Å². The minimum atomic E-state index is 0.434. The van der Waals surface area contributed by atoms with Crippen molar-refractivity contribution in [3.63, 3.8) is 0 Å². The van der Waals surface area contributed by atoms with E-state index in [4.69, 9.17) is 18.9 Å². The summed E-state index contributed by atoms with van der Waals surface area (Å²) in [4.78, 5) is 4.65. The van der Waals surface area contributed by atoms with Crippen molar-refractivity contribution in [2.75, 3.05) is 13.7 Å². The molecule has 0 aliphatic rings. The first-order chi connectivity index (χ1) is 14.7. The number of nitrogens with zero attached hydrogens (tertiary/aromatic N) is 1. The maximum Gasteiger partial charge on any atom is 0.225 e. The van der Waals surface area contributed by atoms with Crippen LogP contribution in [0.25, 0.3) is 0 Å². The molecule has 5 nitrogen and oxygen atoms in total. The molecule has 0 atom stereocenters. The minimum absolute atomic E-state index is 0.434. The second-order valence-electron chi connectivity index (χ2n) is 6.36. The van der Waals surface area contributed by atoms with Crippen LogP contribution in [0, 0.1) is 0 Å². The molecule has 0 bridgehead atoms. The Morgan fingerprint density at radius 2 is 1.53 bits per heavy atom. The van der Waals surface area contributed by atoms with Crippen molar-refractivity contribution >= 4 is 11.6 Å². The van der Waals surface area contributed by atoms with Gasteiger partial charge in [-0.25, -0.2) is 4.99 Å². The van der Waals surface area contributed by atoms with Crippen LogP contribution in [-0.2, 0) is 0 Å². The van der Waals surface area contributed by atoms with Crippen LogP contribution in [0.4, 0.5) is 5.69 Å². The van der Waals surface area contributed by atoms with Crippen molar-refractivity contribution in [1.82, 2.24) is 0 Å². The molecule has 0 aliphatic heterocycles. The van der Waals surface area contributed by atoms with Crippen molar-refractivity contribution in [3.05, 3.63) is 90.7 Å². The fourth-order valence-electron chi connectivity index (χ4n) is 2.58. The zero-order valence-corrected chi connectivity index (χ0v) is 17.4. The SMILES string of the molecule is CCOc1cccc(OC(=N\c2ccccc2)/C(C)=C/Oc2ccc(OC)cc2)c1. The molecular formula is C25H25NO4. The second kappa shape index (κ2) is 10.7. The molecule has 3 rings (SSSR count). The summed E-state index contributed by atoms with van der Waals surface area (Å²) in [5.74, 6) is 3.26. The molecule has 30 heavy (non-hydrogen) atoms. The van der Waals surface area contributed by atoms with Gasteiger partial charge in [-0.2, -0.15) is 0 Å². The van der Waals surface area contributed by atoms with E-state index in [1.54, 1.807) is 13.4 Å². The van der Waals surface area contributed by atoms with E-state index >= 15 is 0 Å². The predicted octanol–water partition coefficient (Wildman–Crippen LogP) is 6.19. The van der Waals surface area contributed by atoms with Gasteiger partial charge in [-0.3, -0.25) is 0 Å². The number of ether oxygens (including phenoxy) is 4. The predicted molar refractivity (Wildman–Crippen MR) is 119 cm³/mol. The van der Waals surface area contributed by atoms with Gasteiger partial charge in [-0.1, -0.05) is 24.3 Å². The van der Waals surface area contributed by atoms with Crippen molar-refractivity contribution < 1.29 is 18.9 Å². The Hall–Kier alpha value is -3.73. The van der Waals surface area contributed by atoms with Crippen molar-refractivity contribution in [2.24, 2.45) is 4.99 Å². The number of aliphatic imine (C=N–C) groups is 1. The van der Waals surface area contributed by atoms with Crippen molar-refractivity contribution in [3.8, 4) is 23.0 Å². The fraction of sp³-hybridized carbons (Fsp3) is 0.160. The minimum Gasteiger partial charge on any atom is -0.497 e. The van der Waals surface area contributed by atoms with Crippen LogP contribution in [0.1, 0.15) is 13.8 Å². The van der Waals surface area contributed by atoms with Crippen LogP contribution in [0.3, 0.4) is 0 Å². The Balaban J connectivity index is 1.84. The highest BCUT2D eigenvalue weighted by Gasteiger charge is 2.09. The van der Waals surface area contributed by atoms with E-state index in [0.29, 0.717) is 24.0 Å². The lowest BCUT2D eigenvalue weighted by Gasteiger charge is -2.11. The summed E-state index contributed by atoms with van der Waals surface area (Å²) in [6.45, 7) is 4.42. The topological polar surface area (TPSA) is 49.3 Å². The standard InChI is InChI=1S/C25H25NO4/c1-4-28-23-11-8-12-24(17-23)30-25(26-20-9-6-5-7-10-20)19(2)18-29-22-15-13-21(27-3)14-16-22/h5-18H,4H2,1-3H3/b19-18+,26-25-. The second-order valence-corrected chi connectivity index (χ2v) is 6.36. The Labute approximate surface area is 177 Å². The van der Waals surface area contributed by atoms with Gasteiger partial charge < -0.3 is 18.9 Å². The first-order valence-corrected chi connectivity index (χ1v) is 9.70. The third-order valence-electron chi connectivity index (χ3n) is 4.09. The van der Waals surface area contributed by atoms with E-state index in [9.17, 15) is 0 Å². The molecule has 0 aliphatic carbocycles. The molecule has 3 aromatic rings. The molecule has 0 fully saturated rings. The molecule has 5 heteroatoms. The molecule has 0 N–H and O–H groups in total. The third-order valence-corrected chi connectivity index (χ3v) is 4.09. The quantitative estimate of drug-likeness (QED) is 0.256. The number of para-hydroxylation sites is 1. The summed E-state index contributed by atoms with van der Waals surface area (Å²) in [6, 6.07) is 24.5. The highest BCUT2D eigenvalue weighted by Crippen LogP contribution is 2.23. The first kappa shape index (κ1) is 21.0. The Morgan fingerprint density at radius 1 is 0.833 bits per heavy atom. The van der Waals surface area contributed by atoms with Crippen LogP contribution < -0.4 is 18.9 Å². The average molecular weight is 403 g/mol. The smallest absolute Gasteiger partial charge is 0.225 e. The summed E-state index contributed by atoms with van der Waals surface area (Å²) in [5, 5.41) is 0. The molecule has 0 unspecified atom stereocenters. The van der Waals surface area contributed by atoms with Gasteiger partial charge >= 0.3 is 0 Å². The summed E-state index contributed by atoms with van der Waals surface area (Å²) in [7, 11) is 1.63. The lowest BCUT2D eigenvalue weighted by atomic mass is 10.3. The number of methoxy groups -OCH3 is 1. The highest BCUT2D eigenvalue weighted by atomic mass is 16.5. The van der Waals surface area contributed by atoms with Crippen LogP contribution in [-0.4, -0.2) is 19.6 Å². The fourth-order valence-corrected chi connectivity index (χ4v) is 2.58. The third kappa shape index (κ3) is 6.14. The van der Waals surface area contributed by atoms with Crippen LogP contribution in [0.2, 0.25) is 0 Å². The molecule has 0 heterocycles. The van der Waals surface area contributed by atoms with E-state index in [1.807, 2.05) is 92.7 Å². The Bertz CT molecular complexity index is 995. The Morgan fingerprint density at radius 3 is 2.23 bits per heavy atom. The summed E-state index contributed by atoms with van der Waals surface area (Å²) >= 11 is 0. The van der Waals surface area contributed by atoms with Crippen LogP contribution in [0.5, 0.6) is 23.0 Å². The van der Waals surface area contributed by atoms with Gasteiger partial charge in [0.25, 0.3) is 0 Å². The summed E-state index contributed by atoms with van der Waals surface area (Å²) in [5.41, 5.74) is 1.52. The maximum absolute atomic E-state index is 6.09. The van der Waals surface area contributed by atoms with Gasteiger partial charge in [0.2, 0.25) is 5.90 Å². The molecule has 0 amide bonds. The monoisotopic (exact) mass is 403 g/mol. The van der Waals surface area contributed by atoms with Gasteiger partial charge in [-0.15, -0.1) is 0 Å². The normalized spacial score (nSPS) is 11.7. The molecule has 3 aromatic carbocycles. The van der Waals surface area contributed by atoms with Gasteiger partial charge in [-0.05, 0) is 62.4 Å². The molecule has 0 saturated carbocycles. The molecule has 0 aromatic heterocycles. The zero-order chi connectivity index (χ0) is 21.2. The highest BCUT2D eigenvalue weighted by molar-refractivity contribution is 5.96. The lowest BCUT2D eigenvalue weighted by molar-refractivity contribution is 0.339. The van der Waals surface area contributed by atoms with Gasteiger partial charge in [0.1, 0.15) is 23.0 Å². The molecule has 0 saturated heterocycles. The van der Waals surface area contributed by atoms with Gasteiger partial charge in [0.05, 0.1) is 25.7 Å². The first-order valence-electron chi connectivity index (χ1n) is 9.70. The van der Waals surface area contributed by atoms with E-state index < -0.39 is 0 Å². The van der Waals surface area contributed by atoms with Crippen LogP contribution in [0.15, 0.2) is 95.7 Å². The summed E-state index contributed by atoms with van der Waals surface area (Å²) < 4.78 is 22.6. The number of benzene rings is 3. The molecule has 0 spiro atoms. The number of rotatable bonds is 8. The lowest BCUT2D eigenvalue weighted by Crippen LogP contribution is -2.11. The maximum atomic E-state index is 6.09. The zero-order valence-electron chi connectivity index (χ0n) is 17.4. The van der Waals surface area contributed by atoms with E-state index in [0.717, 1.165) is 22.8 Å². The number of hydrogen-bond donors (Lipinski definition) is 0. The average Bonchev–Trinajstić information content (AvgIpc) is 2.78.